The van der Waals surface area contributed by atoms with Gasteiger partial charge in [0, 0.05) is 37.5 Å². The maximum atomic E-state index is 14.4. The number of imidazole rings is 1. The van der Waals surface area contributed by atoms with Gasteiger partial charge in [0.15, 0.2) is 0 Å². The van der Waals surface area contributed by atoms with Gasteiger partial charge in [-0.2, -0.15) is 0 Å². The Hall–Kier alpha value is -3.22. The van der Waals surface area contributed by atoms with E-state index >= 15 is 0 Å². The molecule has 0 saturated carbocycles. The van der Waals surface area contributed by atoms with Gasteiger partial charge in [0.25, 0.3) is 5.91 Å². The first-order chi connectivity index (χ1) is 13.4. The van der Waals surface area contributed by atoms with Crippen LogP contribution in [0.4, 0.5) is 4.39 Å². The fraction of sp³-hybridized carbons (Fsp3) is 0.286. The van der Waals surface area contributed by atoms with Gasteiger partial charge in [0.1, 0.15) is 11.5 Å². The van der Waals surface area contributed by atoms with Gasteiger partial charge < -0.3 is 14.2 Å². The monoisotopic (exact) mass is 382 g/mol. The molecule has 0 atom stereocenters. The van der Waals surface area contributed by atoms with Crippen LogP contribution < -0.4 is 4.74 Å². The van der Waals surface area contributed by atoms with Crippen LogP contribution in [-0.4, -0.2) is 38.5 Å². The predicted molar refractivity (Wildman–Crippen MR) is 104 cm³/mol. The molecule has 0 radical (unpaired) electrons. The zero-order valence-electron chi connectivity index (χ0n) is 16.4. The predicted octanol–water partition coefficient (Wildman–Crippen LogP) is 3.68. The molecule has 3 rings (SSSR count). The largest absolute Gasteiger partial charge is 0.481 e. The van der Waals surface area contributed by atoms with E-state index in [2.05, 4.69) is 9.97 Å². The SMILES string of the molecule is COc1cccc(-c2cc(CN(C(=O)c3cn(C)cn3)C(C)C)ccc2F)n1. The quantitative estimate of drug-likeness (QED) is 0.653. The molecule has 1 aromatic carbocycles. The van der Waals surface area contributed by atoms with Crippen molar-refractivity contribution in [3.8, 4) is 17.1 Å². The number of amides is 1. The zero-order chi connectivity index (χ0) is 20.3. The Bertz CT molecular complexity index is 984. The zero-order valence-corrected chi connectivity index (χ0v) is 16.4. The number of ether oxygens (including phenoxy) is 1. The molecule has 0 unspecified atom stereocenters. The molecule has 6 nitrogen and oxygen atoms in total. The molecule has 0 aliphatic carbocycles. The number of carbonyl (C=O) groups excluding carboxylic acids is 1. The van der Waals surface area contributed by atoms with E-state index in [9.17, 15) is 9.18 Å². The number of rotatable bonds is 6. The Kier molecular flexibility index (Phi) is 5.73. The highest BCUT2D eigenvalue weighted by atomic mass is 19.1. The van der Waals surface area contributed by atoms with Crippen molar-refractivity contribution in [2.75, 3.05) is 7.11 Å². The second-order valence-electron chi connectivity index (χ2n) is 6.83. The standard InChI is InChI=1S/C21H23FN4O2/c1-14(2)26(21(27)19-12-25(3)13-23-19)11-15-8-9-17(22)16(10-15)18-6-5-7-20(24-18)28-4/h5-10,12-14H,11H2,1-4H3. The maximum absolute atomic E-state index is 14.4. The van der Waals surface area contributed by atoms with Gasteiger partial charge >= 0.3 is 0 Å². The Labute approximate surface area is 163 Å². The van der Waals surface area contributed by atoms with Crippen LogP contribution in [0.15, 0.2) is 48.9 Å². The molecule has 0 aliphatic heterocycles. The molecule has 0 spiro atoms. The Balaban J connectivity index is 1.91. The van der Waals surface area contributed by atoms with Crippen molar-refractivity contribution in [2.24, 2.45) is 7.05 Å². The highest BCUT2D eigenvalue weighted by Gasteiger charge is 2.21. The second-order valence-corrected chi connectivity index (χ2v) is 6.83. The number of halogens is 1. The lowest BCUT2D eigenvalue weighted by molar-refractivity contribution is 0.0684. The number of aromatic nitrogens is 3. The van der Waals surface area contributed by atoms with Crippen LogP contribution in [0.3, 0.4) is 0 Å². The normalized spacial score (nSPS) is 10.9. The van der Waals surface area contributed by atoms with E-state index in [1.54, 1.807) is 52.3 Å². The van der Waals surface area contributed by atoms with Crippen molar-refractivity contribution in [1.82, 2.24) is 19.4 Å². The molecule has 0 fully saturated rings. The molecular formula is C21H23FN4O2. The van der Waals surface area contributed by atoms with Gasteiger partial charge in [-0.05, 0) is 37.6 Å². The summed E-state index contributed by atoms with van der Waals surface area (Å²) in [6.07, 6.45) is 3.28. The molecule has 28 heavy (non-hydrogen) atoms. The molecule has 1 amide bonds. The Morgan fingerprint density at radius 2 is 2.07 bits per heavy atom. The summed E-state index contributed by atoms with van der Waals surface area (Å²) >= 11 is 0. The molecule has 2 heterocycles. The van der Waals surface area contributed by atoms with Crippen LogP contribution in [0.2, 0.25) is 0 Å². The summed E-state index contributed by atoms with van der Waals surface area (Å²) in [5, 5.41) is 0. The average molecular weight is 382 g/mol. The molecule has 0 bridgehead atoms. The number of nitrogens with zero attached hydrogens (tertiary/aromatic N) is 4. The summed E-state index contributed by atoms with van der Waals surface area (Å²) in [6.45, 7) is 4.22. The molecule has 3 aromatic rings. The third kappa shape index (κ3) is 4.19. The van der Waals surface area contributed by atoms with Crippen molar-refractivity contribution in [3.05, 3.63) is 66.0 Å². The highest BCUT2D eigenvalue weighted by Crippen LogP contribution is 2.25. The first kappa shape index (κ1) is 19.5. The summed E-state index contributed by atoms with van der Waals surface area (Å²) in [5.41, 5.74) is 2.03. The van der Waals surface area contributed by atoms with Crippen LogP contribution >= 0.6 is 0 Å². The highest BCUT2D eigenvalue weighted by molar-refractivity contribution is 5.92. The number of hydrogen-bond donors (Lipinski definition) is 0. The number of aryl methyl sites for hydroxylation is 1. The summed E-state index contributed by atoms with van der Waals surface area (Å²) in [4.78, 5) is 23.0. The third-order valence-electron chi connectivity index (χ3n) is 4.40. The number of carbonyl (C=O) groups is 1. The van der Waals surface area contributed by atoms with Crippen molar-refractivity contribution in [2.45, 2.75) is 26.4 Å². The van der Waals surface area contributed by atoms with E-state index in [0.717, 1.165) is 5.56 Å². The second kappa shape index (κ2) is 8.21. The van der Waals surface area contributed by atoms with Gasteiger partial charge in [0.2, 0.25) is 5.88 Å². The number of methoxy groups -OCH3 is 1. The summed E-state index contributed by atoms with van der Waals surface area (Å²) in [7, 11) is 3.33. The number of pyridine rings is 1. The van der Waals surface area contributed by atoms with Crippen LogP contribution in [0.25, 0.3) is 11.3 Å². The first-order valence-corrected chi connectivity index (χ1v) is 8.98. The molecule has 2 aromatic heterocycles. The van der Waals surface area contributed by atoms with E-state index in [0.29, 0.717) is 29.4 Å². The van der Waals surface area contributed by atoms with Crippen molar-refractivity contribution in [3.63, 3.8) is 0 Å². The van der Waals surface area contributed by atoms with Crippen LogP contribution in [0, 0.1) is 5.82 Å². The minimum Gasteiger partial charge on any atom is -0.481 e. The molecule has 0 N–H and O–H groups in total. The topological polar surface area (TPSA) is 60.2 Å². The van der Waals surface area contributed by atoms with E-state index in [-0.39, 0.29) is 17.8 Å². The third-order valence-corrected chi connectivity index (χ3v) is 4.40. The minimum atomic E-state index is -0.378. The summed E-state index contributed by atoms with van der Waals surface area (Å²) in [5.74, 6) is -0.130. The molecule has 0 aliphatic rings. The number of hydrogen-bond acceptors (Lipinski definition) is 4. The Morgan fingerprint density at radius 1 is 1.29 bits per heavy atom. The summed E-state index contributed by atoms with van der Waals surface area (Å²) < 4.78 is 21.3. The maximum Gasteiger partial charge on any atom is 0.274 e. The van der Waals surface area contributed by atoms with E-state index in [1.165, 1.54) is 13.2 Å². The smallest absolute Gasteiger partial charge is 0.274 e. The van der Waals surface area contributed by atoms with Gasteiger partial charge in [0.05, 0.1) is 19.1 Å². The number of benzene rings is 1. The summed E-state index contributed by atoms with van der Waals surface area (Å²) in [6, 6.07) is 9.95. The van der Waals surface area contributed by atoms with Gasteiger partial charge in [-0.3, -0.25) is 4.79 Å². The lowest BCUT2D eigenvalue weighted by Gasteiger charge is -2.26. The molecular weight excluding hydrogens is 359 g/mol. The van der Waals surface area contributed by atoms with Crippen molar-refractivity contribution >= 4 is 5.91 Å². The van der Waals surface area contributed by atoms with E-state index in [4.69, 9.17) is 4.74 Å². The van der Waals surface area contributed by atoms with Crippen molar-refractivity contribution < 1.29 is 13.9 Å². The molecule has 0 saturated heterocycles. The molecule has 7 heteroatoms. The van der Waals surface area contributed by atoms with Gasteiger partial charge in [-0.15, -0.1) is 0 Å². The van der Waals surface area contributed by atoms with Crippen LogP contribution in [-0.2, 0) is 13.6 Å². The van der Waals surface area contributed by atoms with Gasteiger partial charge in [-0.25, -0.2) is 14.4 Å². The van der Waals surface area contributed by atoms with E-state index in [1.807, 2.05) is 20.9 Å². The molecule has 146 valence electrons. The fourth-order valence-corrected chi connectivity index (χ4v) is 2.90. The fourth-order valence-electron chi connectivity index (χ4n) is 2.90. The Morgan fingerprint density at radius 3 is 2.71 bits per heavy atom. The lowest BCUT2D eigenvalue weighted by atomic mass is 10.1. The van der Waals surface area contributed by atoms with Crippen molar-refractivity contribution in [1.29, 1.82) is 0 Å². The minimum absolute atomic E-state index is 0.0436. The lowest BCUT2D eigenvalue weighted by Crippen LogP contribution is -2.36. The van der Waals surface area contributed by atoms with E-state index < -0.39 is 0 Å². The van der Waals surface area contributed by atoms with Crippen LogP contribution in [0.5, 0.6) is 5.88 Å². The first-order valence-electron chi connectivity index (χ1n) is 8.98. The van der Waals surface area contributed by atoms with Crippen LogP contribution in [0.1, 0.15) is 29.9 Å². The average Bonchev–Trinajstić information content (AvgIpc) is 3.13. The van der Waals surface area contributed by atoms with Gasteiger partial charge in [-0.1, -0.05) is 12.1 Å².